The zero-order valence-corrected chi connectivity index (χ0v) is 13.6. The molecular formula is C16H31N3O2. The van der Waals surface area contributed by atoms with Crippen LogP contribution < -0.4 is 5.73 Å². The first-order chi connectivity index (χ1) is 10.2. The zero-order valence-electron chi connectivity index (χ0n) is 13.6. The monoisotopic (exact) mass is 297 g/mol. The van der Waals surface area contributed by atoms with Crippen LogP contribution in [0.3, 0.4) is 0 Å². The van der Waals surface area contributed by atoms with Crippen molar-refractivity contribution in [2.24, 2.45) is 17.6 Å². The summed E-state index contributed by atoms with van der Waals surface area (Å²) in [5.41, 5.74) is 5.71. The maximum absolute atomic E-state index is 12.7. The molecule has 2 saturated heterocycles. The predicted octanol–water partition coefficient (Wildman–Crippen LogP) is 0.931. The van der Waals surface area contributed by atoms with Crippen molar-refractivity contribution in [1.29, 1.82) is 0 Å². The molecule has 2 fully saturated rings. The number of amides is 1. The van der Waals surface area contributed by atoms with Crippen molar-refractivity contribution in [2.45, 2.75) is 39.2 Å². The summed E-state index contributed by atoms with van der Waals surface area (Å²) < 4.78 is 5.67. The number of rotatable bonds is 5. The Labute approximate surface area is 128 Å². The molecule has 2 aliphatic heterocycles. The van der Waals surface area contributed by atoms with Crippen molar-refractivity contribution in [3.63, 3.8) is 0 Å². The Morgan fingerprint density at radius 1 is 1.33 bits per heavy atom. The van der Waals surface area contributed by atoms with E-state index in [0.717, 1.165) is 65.1 Å². The van der Waals surface area contributed by atoms with Crippen LogP contribution in [-0.2, 0) is 9.53 Å². The lowest BCUT2D eigenvalue weighted by molar-refractivity contribution is -0.137. The average molecular weight is 297 g/mol. The molecule has 21 heavy (non-hydrogen) atoms. The molecule has 0 aromatic rings. The molecule has 122 valence electrons. The smallest absolute Gasteiger partial charge is 0.228 e. The predicted molar refractivity (Wildman–Crippen MR) is 84.0 cm³/mol. The minimum Gasteiger partial charge on any atom is -0.377 e. The Morgan fingerprint density at radius 2 is 2.14 bits per heavy atom. The Morgan fingerprint density at radius 3 is 2.86 bits per heavy atom. The highest BCUT2D eigenvalue weighted by molar-refractivity contribution is 5.79. The Balaban J connectivity index is 1.86. The highest BCUT2D eigenvalue weighted by atomic mass is 16.5. The second-order valence-electron chi connectivity index (χ2n) is 6.53. The molecule has 2 rings (SSSR count). The maximum Gasteiger partial charge on any atom is 0.228 e. The quantitative estimate of drug-likeness (QED) is 0.820. The second kappa shape index (κ2) is 8.11. The summed E-state index contributed by atoms with van der Waals surface area (Å²) in [7, 11) is 0. The average Bonchev–Trinajstić information content (AvgIpc) is 2.86. The first-order valence-corrected chi connectivity index (χ1v) is 8.48. The Kier molecular flexibility index (Phi) is 6.45. The number of carbonyl (C=O) groups is 1. The summed E-state index contributed by atoms with van der Waals surface area (Å²) in [6.07, 6.45) is 3.02. The molecule has 3 unspecified atom stereocenters. The molecule has 2 aliphatic rings. The van der Waals surface area contributed by atoms with Gasteiger partial charge in [0.2, 0.25) is 5.91 Å². The normalized spacial score (nSPS) is 29.4. The van der Waals surface area contributed by atoms with Crippen LogP contribution in [0.25, 0.3) is 0 Å². The maximum atomic E-state index is 12.7. The van der Waals surface area contributed by atoms with Gasteiger partial charge in [-0.3, -0.25) is 4.79 Å². The molecular weight excluding hydrogens is 266 g/mol. The summed E-state index contributed by atoms with van der Waals surface area (Å²) in [6, 6.07) is 0. The summed E-state index contributed by atoms with van der Waals surface area (Å²) in [6.45, 7) is 10.6. The fourth-order valence-electron chi connectivity index (χ4n) is 3.46. The minimum atomic E-state index is 0.0875. The van der Waals surface area contributed by atoms with Crippen LogP contribution in [0.1, 0.15) is 33.1 Å². The fourth-order valence-corrected chi connectivity index (χ4v) is 3.46. The number of hydrogen-bond acceptors (Lipinski definition) is 4. The first kappa shape index (κ1) is 16.7. The van der Waals surface area contributed by atoms with E-state index in [0.29, 0.717) is 11.8 Å². The van der Waals surface area contributed by atoms with E-state index in [1.165, 1.54) is 0 Å². The van der Waals surface area contributed by atoms with Gasteiger partial charge in [-0.1, -0.05) is 13.8 Å². The van der Waals surface area contributed by atoms with Crippen molar-refractivity contribution in [3.8, 4) is 0 Å². The number of carbonyl (C=O) groups excluding carboxylic acids is 1. The highest BCUT2D eigenvalue weighted by Crippen LogP contribution is 2.25. The molecule has 0 aromatic carbocycles. The van der Waals surface area contributed by atoms with Crippen molar-refractivity contribution in [3.05, 3.63) is 0 Å². The summed E-state index contributed by atoms with van der Waals surface area (Å²) in [5, 5.41) is 0. The summed E-state index contributed by atoms with van der Waals surface area (Å²) in [4.78, 5) is 17.2. The molecule has 0 radical (unpaired) electrons. The van der Waals surface area contributed by atoms with Gasteiger partial charge in [-0.2, -0.15) is 0 Å². The topological polar surface area (TPSA) is 58.8 Å². The van der Waals surface area contributed by atoms with Crippen LogP contribution >= 0.6 is 0 Å². The van der Waals surface area contributed by atoms with Crippen molar-refractivity contribution < 1.29 is 9.53 Å². The first-order valence-electron chi connectivity index (χ1n) is 8.48. The van der Waals surface area contributed by atoms with Gasteiger partial charge in [-0.05, 0) is 38.3 Å². The lowest BCUT2D eigenvalue weighted by Crippen LogP contribution is -2.41. The molecule has 0 spiro atoms. The molecule has 2 heterocycles. The number of nitrogens with two attached hydrogens (primary N) is 1. The number of nitrogens with zero attached hydrogens (tertiary/aromatic N) is 2. The molecule has 5 nitrogen and oxygen atoms in total. The second-order valence-corrected chi connectivity index (χ2v) is 6.53. The molecule has 2 N–H and O–H groups in total. The van der Waals surface area contributed by atoms with E-state index in [4.69, 9.17) is 10.5 Å². The van der Waals surface area contributed by atoms with Gasteiger partial charge in [0, 0.05) is 32.8 Å². The molecule has 0 aliphatic carbocycles. The van der Waals surface area contributed by atoms with Crippen LogP contribution in [0, 0.1) is 11.8 Å². The van der Waals surface area contributed by atoms with E-state index < -0.39 is 0 Å². The third-order valence-corrected chi connectivity index (χ3v) is 4.80. The molecule has 1 amide bonds. The van der Waals surface area contributed by atoms with Crippen molar-refractivity contribution >= 4 is 5.91 Å². The minimum absolute atomic E-state index is 0.0875. The number of hydrogen-bond donors (Lipinski definition) is 1. The summed E-state index contributed by atoms with van der Waals surface area (Å²) in [5.74, 6) is 0.928. The molecule has 0 bridgehead atoms. The highest BCUT2D eigenvalue weighted by Gasteiger charge is 2.35. The van der Waals surface area contributed by atoms with Gasteiger partial charge in [-0.15, -0.1) is 0 Å². The van der Waals surface area contributed by atoms with Crippen LogP contribution in [0.5, 0.6) is 0 Å². The molecule has 0 saturated carbocycles. The van der Waals surface area contributed by atoms with Gasteiger partial charge < -0.3 is 20.3 Å². The third kappa shape index (κ3) is 4.41. The van der Waals surface area contributed by atoms with Gasteiger partial charge in [-0.25, -0.2) is 0 Å². The molecule has 0 aromatic heterocycles. The Bertz CT molecular complexity index is 337. The standard InChI is InChI=1S/C16H31N3O2/c1-3-15-14(5-10-21-15)16(20)19-7-4-6-18(8-9-19)12-13(2)11-17/h13-15H,3-12,17H2,1-2H3. The van der Waals surface area contributed by atoms with Crippen LogP contribution in [0.15, 0.2) is 0 Å². The van der Waals surface area contributed by atoms with Gasteiger partial charge in [0.25, 0.3) is 0 Å². The third-order valence-electron chi connectivity index (χ3n) is 4.80. The fraction of sp³-hybridized carbons (Fsp3) is 0.938. The van der Waals surface area contributed by atoms with E-state index in [2.05, 4.69) is 23.6 Å². The van der Waals surface area contributed by atoms with Crippen molar-refractivity contribution in [1.82, 2.24) is 9.80 Å². The molecule has 3 atom stereocenters. The zero-order chi connectivity index (χ0) is 15.2. The SMILES string of the molecule is CCC1OCCC1C(=O)N1CCCN(CC(C)CN)CC1. The lowest BCUT2D eigenvalue weighted by Gasteiger charge is -2.27. The number of ether oxygens (including phenoxy) is 1. The van der Waals surface area contributed by atoms with Crippen LogP contribution in [0.2, 0.25) is 0 Å². The molecule has 5 heteroatoms. The van der Waals surface area contributed by atoms with Gasteiger partial charge in [0.15, 0.2) is 0 Å². The van der Waals surface area contributed by atoms with Crippen molar-refractivity contribution in [2.75, 3.05) is 45.9 Å². The van der Waals surface area contributed by atoms with E-state index in [9.17, 15) is 4.79 Å². The van der Waals surface area contributed by atoms with E-state index >= 15 is 0 Å². The van der Waals surface area contributed by atoms with Crippen LogP contribution in [-0.4, -0.2) is 67.7 Å². The van der Waals surface area contributed by atoms with Crippen LogP contribution in [0.4, 0.5) is 0 Å². The van der Waals surface area contributed by atoms with Gasteiger partial charge in [0.1, 0.15) is 0 Å². The van der Waals surface area contributed by atoms with Gasteiger partial charge >= 0.3 is 0 Å². The van der Waals surface area contributed by atoms with E-state index in [1.807, 2.05) is 0 Å². The van der Waals surface area contributed by atoms with E-state index in [-0.39, 0.29) is 12.0 Å². The largest absolute Gasteiger partial charge is 0.377 e. The summed E-state index contributed by atoms with van der Waals surface area (Å²) >= 11 is 0. The Hall–Kier alpha value is -0.650. The van der Waals surface area contributed by atoms with Gasteiger partial charge in [0.05, 0.1) is 12.0 Å². The lowest BCUT2D eigenvalue weighted by atomic mass is 9.98. The van der Waals surface area contributed by atoms with E-state index in [1.54, 1.807) is 0 Å².